The lowest BCUT2D eigenvalue weighted by Gasteiger charge is -2.18. The molecule has 0 saturated heterocycles. The van der Waals surface area contributed by atoms with Crippen LogP contribution in [0.3, 0.4) is 0 Å². The summed E-state index contributed by atoms with van der Waals surface area (Å²) in [7, 11) is 4.09. The number of aryl methyl sites for hydroxylation is 1. The standard InChI is InChI=1S/C12H18N4/c1-4-5-7-15(2)11-10-6-8-16(3)12(10)14-9-13-11/h6,8-9H,4-5,7H2,1-3H3. The van der Waals surface area contributed by atoms with E-state index in [9.17, 15) is 0 Å². The van der Waals surface area contributed by atoms with Crippen molar-refractivity contribution < 1.29 is 0 Å². The minimum Gasteiger partial charge on any atom is -0.359 e. The van der Waals surface area contributed by atoms with Crippen LogP contribution in [0.1, 0.15) is 19.8 Å². The largest absolute Gasteiger partial charge is 0.359 e. The molecule has 4 heteroatoms. The van der Waals surface area contributed by atoms with Gasteiger partial charge < -0.3 is 9.47 Å². The summed E-state index contributed by atoms with van der Waals surface area (Å²) < 4.78 is 2.02. The molecule has 0 fully saturated rings. The Labute approximate surface area is 95.9 Å². The van der Waals surface area contributed by atoms with Crippen LogP contribution < -0.4 is 4.90 Å². The predicted octanol–water partition coefficient (Wildman–Crippen LogP) is 2.20. The second kappa shape index (κ2) is 4.51. The van der Waals surface area contributed by atoms with Gasteiger partial charge in [0.15, 0.2) is 0 Å². The highest BCUT2D eigenvalue weighted by Crippen LogP contribution is 2.22. The van der Waals surface area contributed by atoms with Crippen molar-refractivity contribution in [2.45, 2.75) is 19.8 Å². The Kier molecular flexibility index (Phi) is 3.08. The third-order valence-electron chi connectivity index (χ3n) is 2.85. The number of fused-ring (bicyclic) bond motifs is 1. The molecule has 2 aromatic rings. The van der Waals surface area contributed by atoms with Gasteiger partial charge in [-0.25, -0.2) is 9.97 Å². The molecule has 0 spiro atoms. The Morgan fingerprint density at radius 1 is 1.38 bits per heavy atom. The quantitative estimate of drug-likeness (QED) is 0.789. The number of unbranched alkanes of at least 4 members (excludes halogenated alkanes) is 1. The molecular weight excluding hydrogens is 200 g/mol. The molecule has 0 bridgehead atoms. The second-order valence-corrected chi connectivity index (χ2v) is 4.14. The first-order valence-electron chi connectivity index (χ1n) is 5.71. The highest BCUT2D eigenvalue weighted by molar-refractivity contribution is 5.87. The van der Waals surface area contributed by atoms with Gasteiger partial charge in [-0.15, -0.1) is 0 Å². The highest BCUT2D eigenvalue weighted by atomic mass is 15.2. The van der Waals surface area contributed by atoms with E-state index in [0.717, 1.165) is 23.4 Å². The van der Waals surface area contributed by atoms with Crippen LogP contribution in [0, 0.1) is 0 Å². The van der Waals surface area contributed by atoms with Crippen LogP contribution in [0.15, 0.2) is 18.6 Å². The number of rotatable bonds is 4. The van der Waals surface area contributed by atoms with E-state index in [1.165, 1.54) is 12.8 Å². The molecule has 0 aliphatic heterocycles. The van der Waals surface area contributed by atoms with Crippen molar-refractivity contribution in [2.75, 3.05) is 18.5 Å². The molecule has 0 aliphatic rings. The summed E-state index contributed by atoms with van der Waals surface area (Å²) in [6.07, 6.45) is 6.05. The van der Waals surface area contributed by atoms with Gasteiger partial charge in [0.25, 0.3) is 0 Å². The first kappa shape index (κ1) is 10.9. The van der Waals surface area contributed by atoms with E-state index in [0.29, 0.717) is 0 Å². The lowest BCUT2D eigenvalue weighted by Crippen LogP contribution is -2.19. The Balaban J connectivity index is 2.36. The van der Waals surface area contributed by atoms with Crippen LogP contribution in [0.5, 0.6) is 0 Å². The highest BCUT2D eigenvalue weighted by Gasteiger charge is 2.09. The Bertz CT molecular complexity index is 475. The molecule has 2 rings (SSSR count). The monoisotopic (exact) mass is 218 g/mol. The lowest BCUT2D eigenvalue weighted by atomic mass is 10.3. The molecule has 0 aliphatic carbocycles. The van der Waals surface area contributed by atoms with E-state index in [1.807, 2.05) is 17.8 Å². The molecule has 0 amide bonds. The summed E-state index contributed by atoms with van der Waals surface area (Å²) in [5.41, 5.74) is 0.994. The van der Waals surface area contributed by atoms with Crippen molar-refractivity contribution in [2.24, 2.45) is 7.05 Å². The lowest BCUT2D eigenvalue weighted by molar-refractivity contribution is 0.760. The van der Waals surface area contributed by atoms with Gasteiger partial charge in [-0.05, 0) is 12.5 Å². The molecule has 0 radical (unpaired) electrons. The van der Waals surface area contributed by atoms with Gasteiger partial charge in [0.05, 0.1) is 5.39 Å². The molecule has 0 saturated carbocycles. The van der Waals surface area contributed by atoms with Gasteiger partial charge in [0, 0.05) is 26.8 Å². The molecule has 4 nitrogen and oxygen atoms in total. The van der Waals surface area contributed by atoms with Gasteiger partial charge in [-0.3, -0.25) is 0 Å². The van der Waals surface area contributed by atoms with Crippen LogP contribution >= 0.6 is 0 Å². The van der Waals surface area contributed by atoms with E-state index in [1.54, 1.807) is 6.33 Å². The Morgan fingerprint density at radius 3 is 2.94 bits per heavy atom. The van der Waals surface area contributed by atoms with Crippen LogP contribution in [-0.4, -0.2) is 28.1 Å². The molecule has 2 aromatic heterocycles. The minimum absolute atomic E-state index is 0.994. The molecule has 0 unspecified atom stereocenters. The molecule has 86 valence electrons. The molecule has 0 aromatic carbocycles. The van der Waals surface area contributed by atoms with E-state index in [4.69, 9.17) is 0 Å². The number of hydrogen-bond donors (Lipinski definition) is 0. The van der Waals surface area contributed by atoms with Crippen molar-refractivity contribution in [3.63, 3.8) is 0 Å². The number of nitrogens with zero attached hydrogens (tertiary/aromatic N) is 4. The number of hydrogen-bond acceptors (Lipinski definition) is 3. The molecule has 0 atom stereocenters. The molecule has 16 heavy (non-hydrogen) atoms. The Morgan fingerprint density at radius 2 is 2.19 bits per heavy atom. The van der Waals surface area contributed by atoms with Crippen LogP contribution in [0.25, 0.3) is 11.0 Å². The van der Waals surface area contributed by atoms with Crippen molar-refractivity contribution in [3.8, 4) is 0 Å². The summed E-state index contributed by atoms with van der Waals surface area (Å²) in [5, 5.41) is 1.13. The maximum atomic E-state index is 4.37. The summed E-state index contributed by atoms with van der Waals surface area (Å²) in [6.45, 7) is 3.24. The molecule has 2 heterocycles. The van der Waals surface area contributed by atoms with Crippen molar-refractivity contribution in [1.29, 1.82) is 0 Å². The maximum absolute atomic E-state index is 4.37. The average Bonchev–Trinajstić information content (AvgIpc) is 2.68. The fourth-order valence-electron chi connectivity index (χ4n) is 1.87. The third kappa shape index (κ3) is 1.87. The van der Waals surface area contributed by atoms with Gasteiger partial charge in [0.1, 0.15) is 17.8 Å². The Hall–Kier alpha value is -1.58. The zero-order valence-electron chi connectivity index (χ0n) is 10.1. The first-order chi connectivity index (χ1) is 7.74. The van der Waals surface area contributed by atoms with E-state index < -0.39 is 0 Å². The van der Waals surface area contributed by atoms with Crippen molar-refractivity contribution in [3.05, 3.63) is 18.6 Å². The van der Waals surface area contributed by atoms with Gasteiger partial charge >= 0.3 is 0 Å². The van der Waals surface area contributed by atoms with Crippen molar-refractivity contribution >= 4 is 16.9 Å². The fraction of sp³-hybridized carbons (Fsp3) is 0.500. The molecule has 0 N–H and O–H groups in total. The number of aromatic nitrogens is 3. The topological polar surface area (TPSA) is 34.0 Å². The van der Waals surface area contributed by atoms with Crippen LogP contribution in [0.4, 0.5) is 5.82 Å². The normalized spacial score (nSPS) is 10.9. The number of anilines is 1. The minimum atomic E-state index is 0.994. The van der Waals surface area contributed by atoms with Gasteiger partial charge in [-0.2, -0.15) is 0 Å². The summed E-state index contributed by atoms with van der Waals surface area (Å²) in [5.74, 6) is 1.03. The zero-order valence-corrected chi connectivity index (χ0v) is 10.1. The zero-order chi connectivity index (χ0) is 11.5. The van der Waals surface area contributed by atoms with E-state index >= 15 is 0 Å². The third-order valence-corrected chi connectivity index (χ3v) is 2.85. The van der Waals surface area contributed by atoms with Crippen LogP contribution in [-0.2, 0) is 7.05 Å². The fourth-order valence-corrected chi connectivity index (χ4v) is 1.87. The second-order valence-electron chi connectivity index (χ2n) is 4.14. The average molecular weight is 218 g/mol. The smallest absolute Gasteiger partial charge is 0.145 e. The summed E-state index contributed by atoms with van der Waals surface area (Å²) in [6, 6.07) is 2.08. The summed E-state index contributed by atoms with van der Waals surface area (Å²) >= 11 is 0. The van der Waals surface area contributed by atoms with Crippen LogP contribution in [0.2, 0.25) is 0 Å². The van der Waals surface area contributed by atoms with E-state index in [2.05, 4.69) is 34.9 Å². The predicted molar refractivity (Wildman–Crippen MR) is 66.7 cm³/mol. The van der Waals surface area contributed by atoms with Gasteiger partial charge in [0.2, 0.25) is 0 Å². The molecular formula is C12H18N4. The van der Waals surface area contributed by atoms with E-state index in [-0.39, 0.29) is 0 Å². The first-order valence-corrected chi connectivity index (χ1v) is 5.71. The van der Waals surface area contributed by atoms with Gasteiger partial charge in [-0.1, -0.05) is 13.3 Å². The summed E-state index contributed by atoms with van der Waals surface area (Å²) in [4.78, 5) is 10.9. The SMILES string of the molecule is CCCCN(C)c1ncnc2c1ccn2C. The maximum Gasteiger partial charge on any atom is 0.145 e. The van der Waals surface area contributed by atoms with Crippen molar-refractivity contribution in [1.82, 2.24) is 14.5 Å².